The largest absolute Gasteiger partial charge is 0.494 e. The molecule has 3 aliphatic carbocycles. The molecule has 0 fully saturated rings. The zero-order valence-electron chi connectivity index (χ0n) is 8.02. The van der Waals surface area contributed by atoms with E-state index >= 15 is 0 Å². The first kappa shape index (κ1) is 7.43. The van der Waals surface area contributed by atoms with Crippen LogP contribution in [0.1, 0.15) is 32.6 Å². The summed E-state index contributed by atoms with van der Waals surface area (Å²) in [4.78, 5) is 0. The number of allylic oxidation sites excluding steroid dienone is 5. The van der Waals surface area contributed by atoms with E-state index in [1.807, 2.05) is 0 Å². The quantitative estimate of drug-likeness (QED) is 0.625. The average Bonchev–Trinajstić information content (AvgIpc) is 2.72. The van der Waals surface area contributed by atoms with E-state index in [0.717, 1.165) is 12.4 Å². The lowest BCUT2D eigenvalue weighted by Gasteiger charge is -2.09. The van der Waals surface area contributed by atoms with Crippen molar-refractivity contribution in [1.82, 2.24) is 0 Å². The summed E-state index contributed by atoms with van der Waals surface area (Å²) in [5, 5.41) is 0. The Morgan fingerprint density at radius 2 is 2.08 bits per heavy atom. The summed E-state index contributed by atoms with van der Waals surface area (Å²) in [6, 6.07) is 0. The first-order chi connectivity index (χ1) is 6.40. The topological polar surface area (TPSA) is 9.23 Å². The predicted octanol–water partition coefficient (Wildman–Crippen LogP) is 3.10. The smallest absolute Gasteiger partial charge is 0.123 e. The molecule has 1 nitrogen and oxygen atoms in total. The summed E-state index contributed by atoms with van der Waals surface area (Å²) in [6.45, 7) is 2.85. The second-order valence-electron chi connectivity index (χ2n) is 3.93. The van der Waals surface area contributed by atoms with Gasteiger partial charge in [-0.25, -0.2) is 0 Å². The molecule has 0 saturated carbocycles. The van der Waals surface area contributed by atoms with E-state index in [9.17, 15) is 0 Å². The number of hydrogen-bond acceptors (Lipinski definition) is 1. The van der Waals surface area contributed by atoms with Crippen LogP contribution in [0, 0.1) is 0 Å². The predicted molar refractivity (Wildman–Crippen MR) is 52.2 cm³/mol. The molecule has 0 amide bonds. The van der Waals surface area contributed by atoms with Crippen molar-refractivity contribution in [1.29, 1.82) is 0 Å². The minimum Gasteiger partial charge on any atom is -0.494 e. The van der Waals surface area contributed by atoms with Gasteiger partial charge in [0.15, 0.2) is 0 Å². The Morgan fingerprint density at radius 3 is 2.92 bits per heavy atom. The van der Waals surface area contributed by atoms with Crippen molar-refractivity contribution in [2.24, 2.45) is 0 Å². The van der Waals surface area contributed by atoms with Gasteiger partial charge in [0.25, 0.3) is 0 Å². The maximum atomic E-state index is 5.61. The Hall–Kier alpha value is -0.980. The molecule has 0 unspecified atom stereocenters. The molecule has 0 aliphatic heterocycles. The minimum absolute atomic E-state index is 0.797. The Morgan fingerprint density at radius 1 is 1.23 bits per heavy atom. The van der Waals surface area contributed by atoms with Crippen LogP contribution in [0.5, 0.6) is 0 Å². The zero-order chi connectivity index (χ0) is 8.84. The van der Waals surface area contributed by atoms with E-state index < -0.39 is 0 Å². The third kappa shape index (κ3) is 0.874. The number of ether oxygens (including phenoxy) is 1. The van der Waals surface area contributed by atoms with E-state index in [-0.39, 0.29) is 0 Å². The van der Waals surface area contributed by atoms with Gasteiger partial charge in [-0.1, -0.05) is 0 Å². The molecular formula is C12H14O. The van der Waals surface area contributed by atoms with Crippen molar-refractivity contribution < 1.29 is 4.74 Å². The molecule has 1 heteroatoms. The first-order valence-electron chi connectivity index (χ1n) is 5.19. The molecule has 2 bridgehead atoms. The van der Waals surface area contributed by atoms with Crippen LogP contribution in [0.25, 0.3) is 0 Å². The van der Waals surface area contributed by atoms with Gasteiger partial charge in [-0.2, -0.15) is 0 Å². The molecule has 0 radical (unpaired) electrons. The van der Waals surface area contributed by atoms with Gasteiger partial charge in [-0.15, -0.1) is 0 Å². The lowest BCUT2D eigenvalue weighted by molar-refractivity contribution is 0.240. The van der Waals surface area contributed by atoms with Crippen molar-refractivity contribution in [2.75, 3.05) is 6.61 Å². The summed E-state index contributed by atoms with van der Waals surface area (Å²) in [5.74, 6) is 1.16. The summed E-state index contributed by atoms with van der Waals surface area (Å²) in [7, 11) is 0. The molecule has 13 heavy (non-hydrogen) atoms. The van der Waals surface area contributed by atoms with Crippen molar-refractivity contribution in [3.63, 3.8) is 0 Å². The van der Waals surface area contributed by atoms with E-state index in [1.54, 1.807) is 16.7 Å². The summed E-state index contributed by atoms with van der Waals surface area (Å²) < 4.78 is 5.61. The molecule has 3 aliphatic rings. The Kier molecular flexibility index (Phi) is 1.43. The van der Waals surface area contributed by atoms with Crippen LogP contribution in [-0.4, -0.2) is 6.61 Å². The number of hydrogen-bond donors (Lipinski definition) is 0. The Balaban J connectivity index is 2.02. The highest BCUT2D eigenvalue weighted by Gasteiger charge is 2.34. The van der Waals surface area contributed by atoms with E-state index in [2.05, 4.69) is 13.0 Å². The molecule has 0 heterocycles. The van der Waals surface area contributed by atoms with Crippen LogP contribution in [0.15, 0.2) is 34.1 Å². The molecule has 0 aromatic rings. The van der Waals surface area contributed by atoms with Crippen LogP contribution in [0.3, 0.4) is 0 Å². The zero-order valence-corrected chi connectivity index (χ0v) is 8.02. The fourth-order valence-corrected chi connectivity index (χ4v) is 2.74. The van der Waals surface area contributed by atoms with Crippen molar-refractivity contribution in [3.8, 4) is 0 Å². The third-order valence-corrected chi connectivity index (χ3v) is 3.24. The molecule has 0 atom stereocenters. The highest BCUT2D eigenvalue weighted by atomic mass is 16.5. The summed E-state index contributed by atoms with van der Waals surface area (Å²) >= 11 is 0. The molecule has 3 rings (SSSR count). The molecule has 0 N–H and O–H groups in total. The summed E-state index contributed by atoms with van der Waals surface area (Å²) in [5.41, 5.74) is 6.33. The molecule has 0 aromatic heterocycles. The maximum Gasteiger partial charge on any atom is 0.123 e. The van der Waals surface area contributed by atoms with E-state index in [0.29, 0.717) is 0 Å². The van der Waals surface area contributed by atoms with Gasteiger partial charge in [-0.05, 0) is 49.0 Å². The second-order valence-corrected chi connectivity index (χ2v) is 3.93. The van der Waals surface area contributed by atoms with Gasteiger partial charge < -0.3 is 4.74 Å². The standard InChI is InChI=1S/C12H14O/c1-2-13-12-7-8-6-11(12)10-5-3-4-9(8)10/h7H,2-6H2,1H3. The first-order valence-corrected chi connectivity index (χ1v) is 5.19. The van der Waals surface area contributed by atoms with Gasteiger partial charge in [0, 0.05) is 12.0 Å². The molecule has 0 aromatic carbocycles. The Bertz CT molecular complexity index is 355. The average molecular weight is 174 g/mol. The highest BCUT2D eigenvalue weighted by molar-refractivity contribution is 5.64. The van der Waals surface area contributed by atoms with Crippen molar-refractivity contribution in [2.45, 2.75) is 32.6 Å². The fraction of sp³-hybridized carbons (Fsp3) is 0.500. The van der Waals surface area contributed by atoms with Crippen LogP contribution in [-0.2, 0) is 4.74 Å². The van der Waals surface area contributed by atoms with E-state index in [4.69, 9.17) is 4.74 Å². The lowest BCUT2D eigenvalue weighted by atomic mass is 10.1. The second kappa shape index (κ2) is 2.50. The molecule has 0 spiro atoms. The van der Waals surface area contributed by atoms with Crippen LogP contribution >= 0.6 is 0 Å². The third-order valence-electron chi connectivity index (χ3n) is 3.24. The van der Waals surface area contributed by atoms with Gasteiger partial charge in [0.2, 0.25) is 0 Å². The molecule has 68 valence electrons. The van der Waals surface area contributed by atoms with Crippen LogP contribution in [0.2, 0.25) is 0 Å². The van der Waals surface area contributed by atoms with Gasteiger partial charge in [0.1, 0.15) is 5.76 Å². The van der Waals surface area contributed by atoms with Gasteiger partial charge in [-0.3, -0.25) is 0 Å². The summed E-state index contributed by atoms with van der Waals surface area (Å²) in [6.07, 6.45) is 7.37. The van der Waals surface area contributed by atoms with E-state index in [1.165, 1.54) is 31.3 Å². The van der Waals surface area contributed by atoms with Crippen molar-refractivity contribution >= 4 is 0 Å². The van der Waals surface area contributed by atoms with Crippen LogP contribution in [0.4, 0.5) is 0 Å². The lowest BCUT2D eigenvalue weighted by Crippen LogP contribution is -1.94. The molecular weight excluding hydrogens is 160 g/mol. The minimum atomic E-state index is 0.797. The number of rotatable bonds is 2. The SMILES string of the molecule is CCOC1=C2CC(=C1)C1=C2CCC1. The monoisotopic (exact) mass is 174 g/mol. The molecule has 0 saturated heterocycles. The fourth-order valence-electron chi connectivity index (χ4n) is 2.74. The normalized spacial score (nSPS) is 24.2. The maximum absolute atomic E-state index is 5.61. The van der Waals surface area contributed by atoms with Gasteiger partial charge in [0.05, 0.1) is 6.61 Å². The van der Waals surface area contributed by atoms with Crippen molar-refractivity contribution in [3.05, 3.63) is 34.1 Å². The van der Waals surface area contributed by atoms with Gasteiger partial charge >= 0.3 is 0 Å². The van der Waals surface area contributed by atoms with Crippen LogP contribution < -0.4 is 0 Å². The Labute approximate surface area is 78.8 Å². The highest BCUT2D eigenvalue weighted by Crippen LogP contribution is 2.50. The number of fused-ring (bicyclic) bond motifs is 4.